The third kappa shape index (κ3) is 3.29. The summed E-state index contributed by atoms with van der Waals surface area (Å²) < 4.78 is 5.62. The van der Waals surface area contributed by atoms with Crippen LogP contribution in [0.4, 0.5) is 5.69 Å². The summed E-state index contributed by atoms with van der Waals surface area (Å²) in [7, 11) is 4.31. The highest BCUT2D eigenvalue weighted by atomic mass is 32.1. The average molecular weight is 400 g/mol. The van der Waals surface area contributed by atoms with Gasteiger partial charge in [0.1, 0.15) is 5.69 Å². The second-order valence-corrected chi connectivity index (χ2v) is 9.59. The summed E-state index contributed by atoms with van der Waals surface area (Å²) in [5.74, 6) is 0.622. The standard InChI is InChI=1S/C21H29N5OS/c1-24(2)16-7-10-26(12-16)15-3-4-17-19(11-15)28-23-20(17)21(27)22-18-13-25-8-5-14(18)6-9-25/h3-4,11,14,16,18H,5-10,12-13H2,1-2H3,(H,22,27). The van der Waals surface area contributed by atoms with Crippen LogP contribution in [0, 0.1) is 5.92 Å². The van der Waals surface area contributed by atoms with Crippen molar-refractivity contribution < 1.29 is 4.79 Å². The van der Waals surface area contributed by atoms with Gasteiger partial charge in [-0.2, -0.15) is 4.37 Å². The molecule has 6 nitrogen and oxygen atoms in total. The van der Waals surface area contributed by atoms with Gasteiger partial charge in [-0.15, -0.1) is 0 Å². The predicted octanol–water partition coefficient (Wildman–Crippen LogP) is 2.26. The van der Waals surface area contributed by atoms with E-state index in [4.69, 9.17) is 0 Å². The van der Waals surface area contributed by atoms with Gasteiger partial charge in [0, 0.05) is 42.8 Å². The molecule has 1 N–H and O–H groups in total. The molecule has 1 aromatic carbocycles. The van der Waals surface area contributed by atoms with Crippen molar-refractivity contribution in [2.24, 2.45) is 5.92 Å². The van der Waals surface area contributed by atoms with Gasteiger partial charge in [0.2, 0.25) is 0 Å². The van der Waals surface area contributed by atoms with Gasteiger partial charge in [0.15, 0.2) is 0 Å². The van der Waals surface area contributed by atoms with Crippen LogP contribution in [0.5, 0.6) is 0 Å². The van der Waals surface area contributed by atoms with Crippen LogP contribution in [-0.4, -0.2) is 79.0 Å². The molecule has 4 saturated heterocycles. The zero-order chi connectivity index (χ0) is 19.3. The Balaban J connectivity index is 1.32. The fourth-order valence-electron chi connectivity index (χ4n) is 5.05. The normalized spacial score (nSPS) is 29.8. The molecule has 0 radical (unpaired) electrons. The van der Waals surface area contributed by atoms with Crippen molar-refractivity contribution in [3.05, 3.63) is 23.9 Å². The van der Waals surface area contributed by atoms with Crippen LogP contribution in [0.15, 0.2) is 18.2 Å². The second-order valence-electron chi connectivity index (χ2n) is 8.78. The van der Waals surface area contributed by atoms with E-state index < -0.39 is 0 Å². The molecule has 6 rings (SSSR count). The van der Waals surface area contributed by atoms with E-state index in [1.807, 2.05) is 0 Å². The van der Waals surface area contributed by atoms with Crippen LogP contribution in [0.25, 0.3) is 10.1 Å². The number of fused-ring (bicyclic) bond motifs is 4. The molecule has 2 unspecified atom stereocenters. The number of piperidine rings is 3. The maximum atomic E-state index is 12.9. The summed E-state index contributed by atoms with van der Waals surface area (Å²) in [4.78, 5) is 20.1. The summed E-state index contributed by atoms with van der Waals surface area (Å²) in [6.07, 6.45) is 3.60. The minimum atomic E-state index is -0.00778. The molecule has 0 aliphatic carbocycles. The highest BCUT2D eigenvalue weighted by molar-refractivity contribution is 7.13. The Hall–Kier alpha value is -1.70. The molecule has 28 heavy (non-hydrogen) atoms. The first kappa shape index (κ1) is 18.3. The van der Waals surface area contributed by atoms with Crippen LogP contribution >= 0.6 is 11.5 Å². The quantitative estimate of drug-likeness (QED) is 0.855. The monoisotopic (exact) mass is 399 g/mol. The first-order chi connectivity index (χ1) is 13.6. The Morgan fingerprint density at radius 1 is 1.18 bits per heavy atom. The minimum Gasteiger partial charge on any atom is -0.370 e. The van der Waals surface area contributed by atoms with Crippen molar-refractivity contribution in [1.82, 2.24) is 19.5 Å². The zero-order valence-electron chi connectivity index (χ0n) is 16.7. The number of nitrogens with one attached hydrogen (secondary N) is 1. The summed E-state index contributed by atoms with van der Waals surface area (Å²) in [6.45, 7) is 5.50. The van der Waals surface area contributed by atoms with E-state index in [9.17, 15) is 4.79 Å². The summed E-state index contributed by atoms with van der Waals surface area (Å²) in [5, 5.41) is 4.26. The van der Waals surface area contributed by atoms with Crippen molar-refractivity contribution in [1.29, 1.82) is 0 Å². The molecule has 5 heterocycles. The van der Waals surface area contributed by atoms with E-state index in [1.165, 1.54) is 49.6 Å². The smallest absolute Gasteiger partial charge is 0.271 e. The Morgan fingerprint density at radius 3 is 2.68 bits per heavy atom. The summed E-state index contributed by atoms with van der Waals surface area (Å²) in [5.41, 5.74) is 1.83. The lowest BCUT2D eigenvalue weighted by atomic mass is 9.84. The van der Waals surface area contributed by atoms with E-state index in [-0.39, 0.29) is 11.9 Å². The molecule has 4 fully saturated rings. The Morgan fingerprint density at radius 2 is 2.00 bits per heavy atom. The van der Waals surface area contributed by atoms with Gasteiger partial charge >= 0.3 is 0 Å². The topological polar surface area (TPSA) is 51.7 Å². The van der Waals surface area contributed by atoms with Crippen LogP contribution in [-0.2, 0) is 0 Å². The van der Waals surface area contributed by atoms with E-state index in [0.717, 1.165) is 29.7 Å². The maximum Gasteiger partial charge on any atom is 0.271 e. The lowest BCUT2D eigenvalue weighted by Crippen LogP contribution is -2.57. The van der Waals surface area contributed by atoms with Gasteiger partial charge in [-0.25, -0.2) is 0 Å². The summed E-state index contributed by atoms with van der Waals surface area (Å²) >= 11 is 1.44. The third-order valence-corrected chi connectivity index (χ3v) is 7.71. The number of hydrogen-bond donors (Lipinski definition) is 1. The SMILES string of the molecule is CN(C)C1CCN(c2ccc3c(C(=O)NC4CN5CCC4CC5)nsc3c2)C1. The number of rotatable bonds is 4. The molecule has 2 bridgehead atoms. The van der Waals surface area contributed by atoms with E-state index in [0.29, 0.717) is 17.7 Å². The Kier molecular flexibility index (Phi) is 4.77. The Bertz CT molecular complexity index is 873. The number of benzene rings is 1. The number of carbonyl (C=O) groups is 1. The number of likely N-dealkylation sites (N-methyl/N-ethyl adjacent to an activating group) is 1. The lowest BCUT2D eigenvalue weighted by Gasteiger charge is -2.44. The molecule has 7 heteroatoms. The molecule has 1 amide bonds. The molecule has 0 spiro atoms. The first-order valence-corrected chi connectivity index (χ1v) is 11.2. The minimum absolute atomic E-state index is 0.00778. The third-order valence-electron chi connectivity index (χ3n) is 6.90. The van der Waals surface area contributed by atoms with Crippen LogP contribution in [0.2, 0.25) is 0 Å². The predicted molar refractivity (Wildman–Crippen MR) is 114 cm³/mol. The molecular weight excluding hydrogens is 370 g/mol. The fraction of sp³-hybridized carbons (Fsp3) is 0.619. The molecule has 4 aliphatic rings. The molecular formula is C21H29N5OS. The molecule has 2 atom stereocenters. The van der Waals surface area contributed by atoms with Crippen molar-refractivity contribution in [3.8, 4) is 0 Å². The molecule has 150 valence electrons. The number of aromatic nitrogens is 1. The van der Waals surface area contributed by atoms with Gasteiger partial charge in [-0.3, -0.25) is 4.79 Å². The van der Waals surface area contributed by atoms with Gasteiger partial charge < -0.3 is 20.0 Å². The lowest BCUT2D eigenvalue weighted by molar-refractivity contribution is 0.0619. The van der Waals surface area contributed by atoms with Crippen molar-refractivity contribution in [3.63, 3.8) is 0 Å². The number of amides is 1. The molecule has 2 aromatic rings. The van der Waals surface area contributed by atoms with Gasteiger partial charge in [-0.1, -0.05) is 0 Å². The number of carbonyl (C=O) groups excluding carboxylic acids is 1. The highest BCUT2D eigenvalue weighted by Crippen LogP contribution is 2.31. The number of hydrogen-bond acceptors (Lipinski definition) is 6. The average Bonchev–Trinajstić information content (AvgIpc) is 3.36. The van der Waals surface area contributed by atoms with Gasteiger partial charge in [0.25, 0.3) is 5.91 Å². The maximum absolute atomic E-state index is 12.9. The van der Waals surface area contributed by atoms with Gasteiger partial charge in [0.05, 0.1) is 4.70 Å². The molecule has 4 aliphatic heterocycles. The zero-order valence-corrected chi connectivity index (χ0v) is 17.5. The largest absolute Gasteiger partial charge is 0.370 e. The fourth-order valence-corrected chi connectivity index (χ4v) is 5.86. The van der Waals surface area contributed by atoms with E-state index >= 15 is 0 Å². The second kappa shape index (κ2) is 7.28. The highest BCUT2D eigenvalue weighted by Gasteiger charge is 2.35. The summed E-state index contributed by atoms with van der Waals surface area (Å²) in [6, 6.07) is 7.33. The first-order valence-electron chi connectivity index (χ1n) is 10.4. The van der Waals surface area contributed by atoms with E-state index in [1.54, 1.807) is 0 Å². The Labute approximate surface area is 170 Å². The van der Waals surface area contributed by atoms with Crippen molar-refractivity contribution in [2.45, 2.75) is 31.3 Å². The van der Waals surface area contributed by atoms with Gasteiger partial charge in [-0.05, 0) is 82.1 Å². The molecule has 1 aromatic heterocycles. The number of nitrogens with zero attached hydrogens (tertiary/aromatic N) is 4. The number of anilines is 1. The van der Waals surface area contributed by atoms with Crippen LogP contribution < -0.4 is 10.2 Å². The molecule has 0 saturated carbocycles. The van der Waals surface area contributed by atoms with Crippen LogP contribution in [0.1, 0.15) is 29.8 Å². The van der Waals surface area contributed by atoms with Crippen molar-refractivity contribution >= 4 is 33.2 Å². The van der Waals surface area contributed by atoms with Crippen molar-refractivity contribution in [2.75, 3.05) is 51.7 Å². The van der Waals surface area contributed by atoms with E-state index in [2.05, 4.69) is 56.7 Å². The van der Waals surface area contributed by atoms with Crippen LogP contribution in [0.3, 0.4) is 0 Å².